The number of carbonyl (C=O) groups excluding carboxylic acids is 3. The maximum absolute atomic E-state index is 13.6. The number of amides is 3. The van der Waals surface area contributed by atoms with Crippen LogP contribution in [0.3, 0.4) is 0 Å². The van der Waals surface area contributed by atoms with Gasteiger partial charge in [-0.15, -0.1) is 11.8 Å². The number of thioether (sulfide) groups is 1. The molecule has 0 aromatic heterocycles. The predicted octanol–water partition coefficient (Wildman–Crippen LogP) is 7.72. The summed E-state index contributed by atoms with van der Waals surface area (Å²) in [6.45, 7) is 0. The second kappa shape index (κ2) is 15.4. The molecule has 5 aromatic carbocycles. The summed E-state index contributed by atoms with van der Waals surface area (Å²) in [4.78, 5) is 40.8. The molecule has 0 aliphatic heterocycles. The van der Waals surface area contributed by atoms with E-state index in [0.29, 0.717) is 33.1 Å². The van der Waals surface area contributed by atoms with Crippen molar-refractivity contribution in [1.29, 1.82) is 0 Å². The molecular weight excluding hydrogens is 601 g/mol. The van der Waals surface area contributed by atoms with E-state index in [2.05, 4.69) is 16.0 Å². The summed E-state index contributed by atoms with van der Waals surface area (Å²) in [5, 5.41) is 7.82. The van der Waals surface area contributed by atoms with Crippen LogP contribution in [-0.2, 0) is 9.59 Å². The van der Waals surface area contributed by atoms with Crippen LogP contribution in [0.15, 0.2) is 144 Å². The molecule has 0 fully saturated rings. The van der Waals surface area contributed by atoms with Crippen molar-refractivity contribution in [2.75, 3.05) is 17.7 Å². The fourth-order valence-corrected chi connectivity index (χ4v) is 5.55. The number of halogens is 1. The Morgan fingerprint density at radius 2 is 1.43 bits per heavy atom. The summed E-state index contributed by atoms with van der Waals surface area (Å²) in [5.41, 5.74) is 2.79. The molecule has 3 amide bonds. The summed E-state index contributed by atoms with van der Waals surface area (Å²) in [6.07, 6.45) is 1.57. The van der Waals surface area contributed by atoms with Gasteiger partial charge in [0.05, 0.1) is 7.11 Å². The van der Waals surface area contributed by atoms with Crippen LogP contribution in [0.5, 0.6) is 5.75 Å². The number of ether oxygens (including phenoxy) is 1. The second-order valence-corrected chi connectivity index (χ2v) is 11.2. The van der Waals surface area contributed by atoms with Crippen LogP contribution in [0.1, 0.15) is 26.7 Å². The van der Waals surface area contributed by atoms with E-state index >= 15 is 0 Å². The van der Waals surface area contributed by atoms with Crippen LogP contribution in [0.2, 0.25) is 0 Å². The van der Waals surface area contributed by atoms with E-state index < -0.39 is 22.9 Å². The van der Waals surface area contributed by atoms with Crippen molar-refractivity contribution in [3.05, 3.63) is 162 Å². The van der Waals surface area contributed by atoms with Gasteiger partial charge in [-0.25, -0.2) is 4.39 Å². The number of carbonyl (C=O) groups is 3. The van der Waals surface area contributed by atoms with Crippen molar-refractivity contribution in [1.82, 2.24) is 5.32 Å². The third-order valence-electron chi connectivity index (χ3n) is 6.73. The number of anilines is 2. The molecule has 230 valence electrons. The van der Waals surface area contributed by atoms with Gasteiger partial charge < -0.3 is 20.7 Å². The molecule has 1 atom stereocenters. The maximum atomic E-state index is 13.6. The van der Waals surface area contributed by atoms with Crippen LogP contribution >= 0.6 is 11.8 Å². The highest BCUT2D eigenvalue weighted by Gasteiger charge is 2.23. The van der Waals surface area contributed by atoms with E-state index in [-0.39, 0.29) is 11.6 Å². The van der Waals surface area contributed by atoms with Crippen molar-refractivity contribution in [3.63, 3.8) is 0 Å². The highest BCUT2D eigenvalue weighted by atomic mass is 32.2. The standard InChI is InChI=1S/C37H30FN3O4S/c1-45-31-16-8-10-25(22-31)23-33(41-35(42)27-13-6-3-7-14-27)36(43)40-30-15-9-17-32(24-30)46-34(26-11-4-2-5-12-26)37(44)39-29-20-18-28(38)19-21-29/h2-24,34H,1H3,(H,39,44)(H,40,43)(H,41,42)/b33-23-. The van der Waals surface area contributed by atoms with Gasteiger partial charge in [-0.1, -0.05) is 66.7 Å². The summed E-state index contributed by atoms with van der Waals surface area (Å²) >= 11 is 1.30. The quantitative estimate of drug-likeness (QED) is 0.103. The first-order valence-electron chi connectivity index (χ1n) is 14.3. The van der Waals surface area contributed by atoms with Crippen LogP contribution in [0.25, 0.3) is 6.08 Å². The normalized spacial score (nSPS) is 11.7. The van der Waals surface area contributed by atoms with Gasteiger partial charge in [0.2, 0.25) is 5.91 Å². The lowest BCUT2D eigenvalue weighted by atomic mass is 10.1. The minimum absolute atomic E-state index is 0.0287. The summed E-state index contributed by atoms with van der Waals surface area (Å²) in [6, 6.07) is 37.7. The highest BCUT2D eigenvalue weighted by Crippen LogP contribution is 2.37. The lowest BCUT2D eigenvalue weighted by Crippen LogP contribution is -2.30. The SMILES string of the molecule is COc1cccc(/C=C(\NC(=O)c2ccccc2)C(=O)Nc2cccc(SC(C(=O)Nc3ccc(F)cc3)c3ccccc3)c2)c1. The Labute approximate surface area is 270 Å². The number of hydrogen-bond acceptors (Lipinski definition) is 5. The zero-order valence-electron chi connectivity index (χ0n) is 24.8. The van der Waals surface area contributed by atoms with Crippen LogP contribution < -0.4 is 20.7 Å². The zero-order chi connectivity index (χ0) is 32.3. The monoisotopic (exact) mass is 631 g/mol. The second-order valence-electron chi connectivity index (χ2n) is 10.0. The smallest absolute Gasteiger partial charge is 0.272 e. The number of benzene rings is 5. The molecule has 9 heteroatoms. The molecule has 7 nitrogen and oxygen atoms in total. The molecule has 46 heavy (non-hydrogen) atoms. The van der Waals surface area contributed by atoms with Gasteiger partial charge >= 0.3 is 0 Å². The van der Waals surface area contributed by atoms with E-state index in [1.165, 1.54) is 36.0 Å². The fourth-order valence-electron chi connectivity index (χ4n) is 4.46. The zero-order valence-corrected chi connectivity index (χ0v) is 25.6. The summed E-state index contributed by atoms with van der Waals surface area (Å²) < 4.78 is 18.7. The third-order valence-corrected chi connectivity index (χ3v) is 7.98. The van der Waals surface area contributed by atoms with E-state index in [9.17, 15) is 18.8 Å². The largest absolute Gasteiger partial charge is 0.497 e. The lowest BCUT2D eigenvalue weighted by Gasteiger charge is -2.18. The van der Waals surface area contributed by atoms with E-state index in [1.807, 2.05) is 36.4 Å². The van der Waals surface area contributed by atoms with E-state index in [1.54, 1.807) is 86.0 Å². The molecule has 3 N–H and O–H groups in total. The molecule has 0 heterocycles. The molecule has 0 saturated heterocycles. The first-order chi connectivity index (χ1) is 22.4. The Kier molecular flexibility index (Phi) is 10.6. The Morgan fingerprint density at radius 3 is 2.15 bits per heavy atom. The van der Waals surface area contributed by atoms with Crippen LogP contribution in [-0.4, -0.2) is 24.8 Å². The minimum atomic E-state index is -0.647. The number of rotatable bonds is 11. The number of nitrogens with one attached hydrogen (secondary N) is 3. The van der Waals surface area contributed by atoms with Gasteiger partial charge in [0.25, 0.3) is 11.8 Å². The van der Waals surface area contributed by atoms with E-state index in [0.717, 1.165) is 5.56 Å². The molecule has 5 aromatic rings. The molecule has 1 unspecified atom stereocenters. The molecule has 0 spiro atoms. The van der Waals surface area contributed by atoms with Crippen molar-refractivity contribution < 1.29 is 23.5 Å². The highest BCUT2D eigenvalue weighted by molar-refractivity contribution is 8.00. The van der Waals surface area contributed by atoms with Gasteiger partial charge in [-0.05, 0) is 83.9 Å². The van der Waals surface area contributed by atoms with Crippen molar-refractivity contribution in [2.45, 2.75) is 10.1 Å². The molecule has 5 rings (SSSR count). The van der Waals surface area contributed by atoms with Crippen molar-refractivity contribution >= 4 is 46.9 Å². The fraction of sp³-hybridized carbons (Fsp3) is 0.0541. The Bertz CT molecular complexity index is 1850. The van der Waals surface area contributed by atoms with Gasteiger partial charge in [0, 0.05) is 21.8 Å². The Morgan fingerprint density at radius 1 is 0.739 bits per heavy atom. The maximum Gasteiger partial charge on any atom is 0.272 e. The average molecular weight is 632 g/mol. The molecule has 0 aliphatic rings. The van der Waals surface area contributed by atoms with Gasteiger partial charge in [0.1, 0.15) is 22.5 Å². The van der Waals surface area contributed by atoms with Crippen molar-refractivity contribution in [2.24, 2.45) is 0 Å². The molecule has 0 bridgehead atoms. The molecule has 0 radical (unpaired) electrons. The number of hydrogen-bond donors (Lipinski definition) is 3. The predicted molar refractivity (Wildman–Crippen MR) is 180 cm³/mol. The van der Waals surface area contributed by atoms with Gasteiger partial charge in [0.15, 0.2) is 0 Å². The average Bonchev–Trinajstić information content (AvgIpc) is 3.09. The minimum Gasteiger partial charge on any atom is -0.497 e. The Balaban J connectivity index is 1.38. The third kappa shape index (κ3) is 8.71. The molecule has 0 aliphatic carbocycles. The Hall–Kier alpha value is -5.67. The van der Waals surface area contributed by atoms with E-state index in [4.69, 9.17) is 4.74 Å². The van der Waals surface area contributed by atoms with Gasteiger partial charge in [-0.3, -0.25) is 14.4 Å². The van der Waals surface area contributed by atoms with Crippen molar-refractivity contribution in [3.8, 4) is 5.75 Å². The topological polar surface area (TPSA) is 96.5 Å². The van der Waals surface area contributed by atoms with Gasteiger partial charge in [-0.2, -0.15) is 0 Å². The van der Waals surface area contributed by atoms with Crippen LogP contribution in [0, 0.1) is 5.82 Å². The molecular formula is C37H30FN3O4S. The summed E-state index contributed by atoms with van der Waals surface area (Å²) in [5.74, 6) is -1.06. The first-order valence-corrected chi connectivity index (χ1v) is 15.2. The summed E-state index contributed by atoms with van der Waals surface area (Å²) in [7, 11) is 1.55. The molecule has 0 saturated carbocycles. The number of methoxy groups -OCH3 is 1. The van der Waals surface area contributed by atoms with Crippen LogP contribution in [0.4, 0.5) is 15.8 Å². The first kappa shape index (κ1) is 31.7. The lowest BCUT2D eigenvalue weighted by molar-refractivity contribution is -0.116.